The summed E-state index contributed by atoms with van der Waals surface area (Å²) in [6.07, 6.45) is -4.60. The second-order valence-corrected chi connectivity index (χ2v) is 3.54. The van der Waals surface area contributed by atoms with E-state index in [0.717, 1.165) is 0 Å². The summed E-state index contributed by atoms with van der Waals surface area (Å²) < 4.78 is 41.2. The van der Waals surface area contributed by atoms with Gasteiger partial charge in [0, 0.05) is 0 Å². The maximum Gasteiger partial charge on any atom is 0.405 e. The molecule has 0 aliphatic carbocycles. The van der Waals surface area contributed by atoms with E-state index in [-0.39, 0.29) is 24.0 Å². The van der Waals surface area contributed by atoms with Crippen LogP contribution in [0.2, 0.25) is 0 Å². The minimum Gasteiger partial charge on any atom is -0.461 e. The number of ether oxygens (including phenoxy) is 1. The van der Waals surface area contributed by atoms with Gasteiger partial charge in [-0.3, -0.25) is 5.43 Å². The Hall–Kier alpha value is -1.84. The second kappa shape index (κ2) is 5.67. The van der Waals surface area contributed by atoms with Crippen LogP contribution < -0.4 is 21.3 Å². The van der Waals surface area contributed by atoms with E-state index in [4.69, 9.17) is 10.6 Å². The van der Waals surface area contributed by atoms with E-state index in [2.05, 4.69) is 20.4 Å². The van der Waals surface area contributed by atoms with Crippen molar-refractivity contribution in [3.05, 3.63) is 0 Å². The molecule has 102 valence electrons. The molecule has 0 radical (unpaired) electrons. The lowest BCUT2D eigenvalue weighted by Crippen LogP contribution is -2.23. The van der Waals surface area contributed by atoms with E-state index in [1.165, 1.54) is 0 Å². The Morgan fingerprint density at radius 2 is 1.83 bits per heavy atom. The third-order valence-electron chi connectivity index (χ3n) is 1.53. The smallest absolute Gasteiger partial charge is 0.405 e. The van der Waals surface area contributed by atoms with E-state index in [9.17, 15) is 13.2 Å². The number of nitrogens with zero attached hydrogens (tertiary/aromatic N) is 3. The molecule has 10 heteroatoms. The number of hydrogen-bond acceptors (Lipinski definition) is 7. The maximum absolute atomic E-state index is 12.0. The van der Waals surface area contributed by atoms with Gasteiger partial charge in [-0.25, -0.2) is 5.84 Å². The molecule has 1 rings (SSSR count). The first-order valence-electron chi connectivity index (χ1n) is 5.00. The lowest BCUT2D eigenvalue weighted by atomic mass is 10.5. The van der Waals surface area contributed by atoms with Crippen molar-refractivity contribution in [1.29, 1.82) is 0 Å². The summed E-state index contributed by atoms with van der Waals surface area (Å²) >= 11 is 0. The monoisotopic (exact) mass is 266 g/mol. The zero-order valence-electron chi connectivity index (χ0n) is 9.75. The quantitative estimate of drug-likeness (QED) is 0.538. The highest BCUT2D eigenvalue weighted by molar-refractivity contribution is 5.35. The Bertz CT molecular complexity index is 397. The largest absolute Gasteiger partial charge is 0.461 e. The Balaban J connectivity index is 2.83. The van der Waals surface area contributed by atoms with Gasteiger partial charge in [-0.1, -0.05) is 0 Å². The van der Waals surface area contributed by atoms with E-state index < -0.39 is 12.7 Å². The molecule has 0 saturated carbocycles. The van der Waals surface area contributed by atoms with Crippen molar-refractivity contribution >= 4 is 11.9 Å². The Morgan fingerprint density at radius 1 is 1.22 bits per heavy atom. The van der Waals surface area contributed by atoms with Crippen molar-refractivity contribution in [2.45, 2.75) is 26.1 Å². The molecule has 0 aliphatic heterocycles. The highest BCUT2D eigenvalue weighted by Gasteiger charge is 2.27. The summed E-state index contributed by atoms with van der Waals surface area (Å²) in [4.78, 5) is 11.0. The molecule has 1 aromatic rings. The van der Waals surface area contributed by atoms with Crippen molar-refractivity contribution in [2.75, 3.05) is 17.3 Å². The number of hydrogen-bond donors (Lipinski definition) is 3. The standard InChI is InChI=1S/C8H13F3N6O/c1-4(2)18-7-15-5(13-3-8(9,10)11)14-6(16-7)17-12/h4H,3,12H2,1-2H3,(H2,13,14,15,16,17). The number of anilines is 2. The average molecular weight is 266 g/mol. The van der Waals surface area contributed by atoms with E-state index in [0.29, 0.717) is 0 Å². The maximum atomic E-state index is 12.0. The molecular formula is C8H13F3N6O. The summed E-state index contributed by atoms with van der Waals surface area (Å²) in [6.45, 7) is 2.19. The molecule has 4 N–H and O–H groups in total. The zero-order chi connectivity index (χ0) is 13.8. The van der Waals surface area contributed by atoms with Crippen LogP contribution in [0.5, 0.6) is 6.01 Å². The lowest BCUT2D eigenvalue weighted by Gasteiger charge is -2.12. The number of halogens is 3. The van der Waals surface area contributed by atoms with Gasteiger partial charge < -0.3 is 10.1 Å². The van der Waals surface area contributed by atoms with Crippen LogP contribution in [0, 0.1) is 0 Å². The fourth-order valence-corrected chi connectivity index (χ4v) is 0.943. The van der Waals surface area contributed by atoms with Crippen molar-refractivity contribution in [1.82, 2.24) is 15.0 Å². The average Bonchev–Trinajstić information content (AvgIpc) is 2.24. The molecule has 18 heavy (non-hydrogen) atoms. The Labute approximate surface area is 101 Å². The van der Waals surface area contributed by atoms with E-state index in [1.54, 1.807) is 13.8 Å². The number of aromatic nitrogens is 3. The van der Waals surface area contributed by atoms with Crippen LogP contribution in [0.4, 0.5) is 25.1 Å². The second-order valence-electron chi connectivity index (χ2n) is 3.54. The summed E-state index contributed by atoms with van der Waals surface area (Å²) in [5.74, 6) is 4.73. The molecule has 0 aliphatic rings. The van der Waals surface area contributed by atoms with Gasteiger partial charge in [0.25, 0.3) is 0 Å². The van der Waals surface area contributed by atoms with Crippen molar-refractivity contribution in [2.24, 2.45) is 5.84 Å². The number of rotatable bonds is 5. The predicted octanol–water partition coefficient (Wildman–Crippen LogP) is 0.919. The van der Waals surface area contributed by atoms with E-state index in [1.807, 2.05) is 5.32 Å². The van der Waals surface area contributed by atoms with Crippen LogP contribution in [0.15, 0.2) is 0 Å². The van der Waals surface area contributed by atoms with Crippen LogP contribution in [-0.2, 0) is 0 Å². The Kier molecular flexibility index (Phi) is 4.48. The van der Waals surface area contributed by atoms with Gasteiger partial charge in [0.2, 0.25) is 11.9 Å². The SMILES string of the molecule is CC(C)Oc1nc(NN)nc(NCC(F)(F)F)n1. The molecule has 0 saturated heterocycles. The number of nitrogens with one attached hydrogen (secondary N) is 2. The minimum absolute atomic E-state index is 0.0923. The van der Waals surface area contributed by atoms with Crippen molar-refractivity contribution in [3.63, 3.8) is 0 Å². The predicted molar refractivity (Wildman–Crippen MR) is 57.9 cm³/mol. The summed E-state index contributed by atoms with van der Waals surface area (Å²) in [5, 5.41) is 2.01. The number of hydrazine groups is 1. The van der Waals surface area contributed by atoms with Crippen LogP contribution in [-0.4, -0.2) is 33.8 Å². The third-order valence-corrected chi connectivity index (χ3v) is 1.53. The normalized spacial score (nSPS) is 11.5. The minimum atomic E-state index is -4.37. The van der Waals surface area contributed by atoms with Crippen LogP contribution in [0.3, 0.4) is 0 Å². The van der Waals surface area contributed by atoms with Crippen LogP contribution >= 0.6 is 0 Å². The van der Waals surface area contributed by atoms with Gasteiger partial charge in [-0.15, -0.1) is 0 Å². The molecule has 0 aromatic carbocycles. The van der Waals surface area contributed by atoms with E-state index >= 15 is 0 Å². The molecule has 0 atom stereocenters. The fourth-order valence-electron chi connectivity index (χ4n) is 0.943. The summed E-state index contributed by atoms with van der Waals surface area (Å²) in [7, 11) is 0. The molecule has 0 unspecified atom stereocenters. The lowest BCUT2D eigenvalue weighted by molar-refractivity contribution is -0.115. The number of nitrogen functional groups attached to an aromatic ring is 1. The topological polar surface area (TPSA) is 98.0 Å². The third kappa shape index (κ3) is 4.99. The first-order chi connectivity index (χ1) is 8.30. The molecule has 0 fully saturated rings. The molecular weight excluding hydrogens is 253 g/mol. The van der Waals surface area contributed by atoms with Crippen molar-refractivity contribution in [3.8, 4) is 6.01 Å². The summed E-state index contributed by atoms with van der Waals surface area (Å²) in [5.41, 5.74) is 2.11. The zero-order valence-corrected chi connectivity index (χ0v) is 9.75. The van der Waals surface area contributed by atoms with Gasteiger partial charge in [0.1, 0.15) is 6.54 Å². The van der Waals surface area contributed by atoms with Gasteiger partial charge in [-0.2, -0.15) is 28.1 Å². The molecule has 0 bridgehead atoms. The summed E-state index contributed by atoms with van der Waals surface area (Å²) in [6, 6.07) is -0.113. The molecule has 1 aromatic heterocycles. The highest BCUT2D eigenvalue weighted by Crippen LogP contribution is 2.16. The van der Waals surface area contributed by atoms with Crippen LogP contribution in [0.25, 0.3) is 0 Å². The van der Waals surface area contributed by atoms with Crippen LogP contribution in [0.1, 0.15) is 13.8 Å². The van der Waals surface area contributed by atoms with Gasteiger partial charge >= 0.3 is 12.2 Å². The molecule has 0 amide bonds. The number of nitrogens with two attached hydrogens (primary N) is 1. The van der Waals surface area contributed by atoms with Gasteiger partial charge in [0.15, 0.2) is 0 Å². The molecule has 0 spiro atoms. The number of alkyl halides is 3. The highest BCUT2D eigenvalue weighted by atomic mass is 19.4. The van der Waals surface area contributed by atoms with Gasteiger partial charge in [0.05, 0.1) is 6.10 Å². The first kappa shape index (κ1) is 14.2. The van der Waals surface area contributed by atoms with Crippen molar-refractivity contribution < 1.29 is 17.9 Å². The molecule has 7 nitrogen and oxygen atoms in total. The fraction of sp³-hybridized carbons (Fsp3) is 0.625. The molecule has 1 heterocycles. The first-order valence-corrected chi connectivity index (χ1v) is 5.00. The van der Waals surface area contributed by atoms with Gasteiger partial charge in [-0.05, 0) is 13.8 Å². The Morgan fingerprint density at radius 3 is 2.33 bits per heavy atom.